The Labute approximate surface area is 121 Å². The van der Waals surface area contributed by atoms with Gasteiger partial charge in [-0.05, 0) is 49.4 Å². The molecule has 0 heterocycles. The number of nitrogens with zero attached hydrogens (tertiary/aromatic N) is 1. The van der Waals surface area contributed by atoms with E-state index in [0.717, 1.165) is 24.8 Å². The van der Waals surface area contributed by atoms with Crippen LogP contribution >= 0.6 is 0 Å². The topological polar surface area (TPSA) is 63.4 Å². The Bertz CT molecular complexity index is 583. The molecule has 0 aliphatic heterocycles. The van der Waals surface area contributed by atoms with Crippen molar-refractivity contribution in [2.45, 2.75) is 24.2 Å². The van der Waals surface area contributed by atoms with Gasteiger partial charge in [0, 0.05) is 6.54 Å². The van der Waals surface area contributed by atoms with Crippen LogP contribution in [0.3, 0.4) is 0 Å². The fourth-order valence-corrected chi connectivity index (χ4v) is 3.51. The van der Waals surface area contributed by atoms with E-state index in [1.54, 1.807) is 12.1 Å². The van der Waals surface area contributed by atoms with Crippen LogP contribution in [0, 0.1) is 18.3 Å². The molecule has 1 aliphatic rings. The van der Waals surface area contributed by atoms with Gasteiger partial charge in [0.15, 0.2) is 0 Å². The molecular formula is C15H20N2O2S. The SMILES string of the molecule is C#CCN(CC1CC1)S(=O)(=O)c1ccc(CCN)cc1. The molecule has 2 N–H and O–H groups in total. The lowest BCUT2D eigenvalue weighted by molar-refractivity contribution is 0.430. The number of hydrogen-bond donors (Lipinski definition) is 1. The number of benzene rings is 1. The van der Waals surface area contributed by atoms with Gasteiger partial charge in [0.2, 0.25) is 10.0 Å². The predicted molar refractivity (Wildman–Crippen MR) is 79.5 cm³/mol. The fraction of sp³-hybridized carbons (Fsp3) is 0.467. The lowest BCUT2D eigenvalue weighted by atomic mass is 10.2. The minimum atomic E-state index is -3.49. The molecule has 20 heavy (non-hydrogen) atoms. The lowest BCUT2D eigenvalue weighted by Crippen LogP contribution is -2.33. The third kappa shape index (κ3) is 3.60. The molecule has 1 fully saturated rings. The maximum absolute atomic E-state index is 12.6. The lowest BCUT2D eigenvalue weighted by Gasteiger charge is -2.19. The van der Waals surface area contributed by atoms with Gasteiger partial charge >= 0.3 is 0 Å². The minimum absolute atomic E-state index is 0.128. The second-order valence-electron chi connectivity index (χ2n) is 5.13. The van der Waals surface area contributed by atoms with Crippen LogP contribution in [0.25, 0.3) is 0 Å². The van der Waals surface area contributed by atoms with E-state index in [1.165, 1.54) is 4.31 Å². The van der Waals surface area contributed by atoms with Crippen LogP contribution in [-0.4, -0.2) is 32.4 Å². The molecule has 0 amide bonds. The van der Waals surface area contributed by atoms with Crippen molar-refractivity contribution in [3.05, 3.63) is 29.8 Å². The highest BCUT2D eigenvalue weighted by Gasteiger charge is 2.31. The van der Waals surface area contributed by atoms with Crippen molar-refractivity contribution in [3.8, 4) is 12.3 Å². The van der Waals surface area contributed by atoms with E-state index in [2.05, 4.69) is 5.92 Å². The molecule has 2 rings (SSSR count). The highest BCUT2D eigenvalue weighted by molar-refractivity contribution is 7.89. The molecule has 1 saturated carbocycles. The first kappa shape index (κ1) is 15.0. The van der Waals surface area contributed by atoms with Gasteiger partial charge in [0.1, 0.15) is 0 Å². The standard InChI is InChI=1S/C15H20N2O2S/c1-2-11-17(12-14-3-4-14)20(18,19)15-7-5-13(6-8-15)9-10-16/h1,5-8,14H,3-4,9-12,16H2. The number of sulfonamides is 1. The third-order valence-corrected chi connectivity index (χ3v) is 5.25. The Morgan fingerprint density at radius 3 is 2.45 bits per heavy atom. The molecule has 5 heteroatoms. The summed E-state index contributed by atoms with van der Waals surface area (Å²) in [6.07, 6.45) is 8.22. The summed E-state index contributed by atoms with van der Waals surface area (Å²) in [6, 6.07) is 6.89. The second kappa shape index (κ2) is 6.40. The fourth-order valence-electron chi connectivity index (χ4n) is 2.08. The summed E-state index contributed by atoms with van der Waals surface area (Å²) < 4.78 is 26.5. The highest BCUT2D eigenvalue weighted by atomic mass is 32.2. The highest BCUT2D eigenvalue weighted by Crippen LogP contribution is 2.31. The van der Waals surface area contributed by atoms with Gasteiger partial charge in [0.25, 0.3) is 0 Å². The zero-order valence-corrected chi connectivity index (χ0v) is 12.3. The van der Waals surface area contributed by atoms with Crippen LogP contribution in [0.2, 0.25) is 0 Å². The summed E-state index contributed by atoms with van der Waals surface area (Å²) in [5.74, 6) is 2.91. The molecular weight excluding hydrogens is 272 g/mol. The minimum Gasteiger partial charge on any atom is -0.330 e. The summed E-state index contributed by atoms with van der Waals surface area (Å²) in [6.45, 7) is 1.21. The zero-order valence-electron chi connectivity index (χ0n) is 11.5. The Balaban J connectivity index is 2.19. The van der Waals surface area contributed by atoms with Gasteiger partial charge in [-0.15, -0.1) is 6.42 Å². The molecule has 1 aromatic rings. The molecule has 0 radical (unpaired) electrons. The van der Waals surface area contributed by atoms with Crippen molar-refractivity contribution < 1.29 is 8.42 Å². The molecule has 0 unspecified atom stereocenters. The van der Waals surface area contributed by atoms with Crippen LogP contribution in [0.15, 0.2) is 29.2 Å². The van der Waals surface area contributed by atoms with Crippen molar-refractivity contribution in [2.75, 3.05) is 19.6 Å². The molecule has 0 spiro atoms. The summed E-state index contributed by atoms with van der Waals surface area (Å²) in [5, 5.41) is 0. The molecule has 0 saturated heterocycles. The van der Waals surface area contributed by atoms with Crippen LogP contribution in [0.4, 0.5) is 0 Å². The van der Waals surface area contributed by atoms with Crippen LogP contribution < -0.4 is 5.73 Å². The average molecular weight is 292 g/mol. The summed E-state index contributed by atoms with van der Waals surface area (Å²) in [7, 11) is -3.49. The first-order chi connectivity index (χ1) is 9.57. The van der Waals surface area contributed by atoms with E-state index in [0.29, 0.717) is 23.9 Å². The van der Waals surface area contributed by atoms with Gasteiger partial charge in [-0.3, -0.25) is 0 Å². The van der Waals surface area contributed by atoms with E-state index in [1.807, 2.05) is 12.1 Å². The van der Waals surface area contributed by atoms with E-state index in [-0.39, 0.29) is 6.54 Å². The maximum atomic E-state index is 12.6. The maximum Gasteiger partial charge on any atom is 0.243 e. The largest absolute Gasteiger partial charge is 0.330 e. The molecule has 4 nitrogen and oxygen atoms in total. The average Bonchev–Trinajstić information content (AvgIpc) is 3.23. The number of nitrogens with two attached hydrogens (primary N) is 1. The zero-order chi connectivity index (χ0) is 14.6. The van der Waals surface area contributed by atoms with E-state index >= 15 is 0 Å². The Kier molecular flexibility index (Phi) is 4.81. The van der Waals surface area contributed by atoms with Crippen LogP contribution in [-0.2, 0) is 16.4 Å². The van der Waals surface area contributed by atoms with Gasteiger partial charge in [-0.2, -0.15) is 4.31 Å². The van der Waals surface area contributed by atoms with E-state index in [4.69, 9.17) is 12.2 Å². The molecule has 0 aromatic heterocycles. The Morgan fingerprint density at radius 1 is 1.30 bits per heavy atom. The second-order valence-corrected chi connectivity index (χ2v) is 7.07. The number of hydrogen-bond acceptors (Lipinski definition) is 3. The van der Waals surface area contributed by atoms with Gasteiger partial charge in [0.05, 0.1) is 11.4 Å². The van der Waals surface area contributed by atoms with Crippen molar-refractivity contribution in [1.29, 1.82) is 0 Å². The molecule has 0 bridgehead atoms. The predicted octanol–water partition coefficient (Wildman–Crippen LogP) is 1.22. The summed E-state index contributed by atoms with van der Waals surface area (Å²) in [5.41, 5.74) is 6.52. The summed E-state index contributed by atoms with van der Waals surface area (Å²) in [4.78, 5) is 0.300. The Morgan fingerprint density at radius 2 is 1.95 bits per heavy atom. The van der Waals surface area contributed by atoms with Crippen LogP contribution in [0.5, 0.6) is 0 Å². The number of terminal acetylenes is 1. The molecule has 108 valence electrons. The molecule has 0 atom stereocenters. The van der Waals surface area contributed by atoms with Crippen molar-refractivity contribution in [2.24, 2.45) is 11.7 Å². The first-order valence-electron chi connectivity index (χ1n) is 6.80. The van der Waals surface area contributed by atoms with Crippen molar-refractivity contribution in [3.63, 3.8) is 0 Å². The normalized spacial score (nSPS) is 15.2. The van der Waals surface area contributed by atoms with E-state index in [9.17, 15) is 8.42 Å². The quantitative estimate of drug-likeness (QED) is 0.769. The third-order valence-electron chi connectivity index (χ3n) is 3.42. The molecule has 1 aromatic carbocycles. The van der Waals surface area contributed by atoms with Crippen molar-refractivity contribution >= 4 is 10.0 Å². The molecule has 1 aliphatic carbocycles. The van der Waals surface area contributed by atoms with Crippen LogP contribution in [0.1, 0.15) is 18.4 Å². The Hall–Kier alpha value is -1.35. The van der Waals surface area contributed by atoms with Gasteiger partial charge < -0.3 is 5.73 Å². The van der Waals surface area contributed by atoms with Gasteiger partial charge in [-0.1, -0.05) is 18.1 Å². The van der Waals surface area contributed by atoms with Gasteiger partial charge in [-0.25, -0.2) is 8.42 Å². The summed E-state index contributed by atoms with van der Waals surface area (Å²) >= 11 is 0. The number of rotatable bonds is 7. The van der Waals surface area contributed by atoms with E-state index < -0.39 is 10.0 Å². The smallest absolute Gasteiger partial charge is 0.243 e. The van der Waals surface area contributed by atoms with Crippen molar-refractivity contribution in [1.82, 2.24) is 4.31 Å². The monoisotopic (exact) mass is 292 g/mol. The first-order valence-corrected chi connectivity index (χ1v) is 8.24.